The Bertz CT molecular complexity index is 1260. The first-order chi connectivity index (χ1) is 14.3. The van der Waals surface area contributed by atoms with Gasteiger partial charge >= 0.3 is 12.1 Å². The Labute approximate surface area is 169 Å². The first kappa shape index (κ1) is 19.7. The Balaban J connectivity index is 2.03. The van der Waals surface area contributed by atoms with Gasteiger partial charge in [-0.15, -0.1) is 0 Å². The summed E-state index contributed by atoms with van der Waals surface area (Å²) in [5.41, 5.74) is 6.89. The Morgan fingerprint density at radius 1 is 1.10 bits per heavy atom. The van der Waals surface area contributed by atoms with E-state index in [1.807, 2.05) is 6.92 Å². The molecule has 30 heavy (non-hydrogen) atoms. The van der Waals surface area contributed by atoms with Crippen molar-refractivity contribution in [3.8, 4) is 5.69 Å². The van der Waals surface area contributed by atoms with Crippen molar-refractivity contribution in [2.24, 2.45) is 0 Å². The molecular weight excluding hydrogens is 397 g/mol. The third kappa shape index (κ3) is 3.32. The van der Waals surface area contributed by atoms with E-state index < -0.39 is 17.7 Å². The normalized spacial score (nSPS) is 11.9. The zero-order valence-electron chi connectivity index (χ0n) is 15.9. The fourth-order valence-corrected chi connectivity index (χ4v) is 3.21. The summed E-state index contributed by atoms with van der Waals surface area (Å²) in [7, 11) is 0. The van der Waals surface area contributed by atoms with E-state index in [1.54, 1.807) is 24.3 Å². The van der Waals surface area contributed by atoms with Crippen molar-refractivity contribution in [1.29, 1.82) is 0 Å². The average Bonchev–Trinajstić information content (AvgIpc) is 3.00. The minimum Gasteiger partial charge on any atom is -0.462 e. The number of carbonyl (C=O) groups is 1. The maximum atomic E-state index is 13.2. The van der Waals surface area contributed by atoms with E-state index >= 15 is 0 Å². The molecule has 0 bridgehead atoms. The van der Waals surface area contributed by atoms with Crippen molar-refractivity contribution in [3.63, 3.8) is 0 Å². The Morgan fingerprint density at radius 2 is 1.80 bits per heavy atom. The van der Waals surface area contributed by atoms with Gasteiger partial charge in [0.1, 0.15) is 16.9 Å². The van der Waals surface area contributed by atoms with Crippen molar-refractivity contribution in [1.82, 2.24) is 14.5 Å². The Morgan fingerprint density at radius 3 is 2.47 bits per heavy atom. The predicted molar refractivity (Wildman–Crippen MR) is 106 cm³/mol. The molecule has 2 aromatic carbocycles. The minimum absolute atomic E-state index is 0.0193. The molecule has 0 amide bonds. The van der Waals surface area contributed by atoms with Gasteiger partial charge in [-0.05, 0) is 36.8 Å². The number of aromatic nitrogens is 3. The van der Waals surface area contributed by atoms with Crippen LogP contribution in [0.5, 0.6) is 0 Å². The first-order valence-corrected chi connectivity index (χ1v) is 9.22. The molecule has 0 fully saturated rings. The molecule has 9 heteroatoms. The number of halogens is 3. The van der Waals surface area contributed by atoms with Gasteiger partial charge in [0.25, 0.3) is 0 Å². The summed E-state index contributed by atoms with van der Waals surface area (Å²) >= 11 is 0. The van der Waals surface area contributed by atoms with Gasteiger partial charge in [-0.3, -0.25) is 4.57 Å². The van der Waals surface area contributed by atoms with Crippen molar-refractivity contribution >= 4 is 34.0 Å². The molecule has 0 aliphatic carbocycles. The molecule has 0 aliphatic rings. The topological polar surface area (TPSA) is 83.0 Å². The van der Waals surface area contributed by atoms with E-state index in [0.717, 1.165) is 12.1 Å². The van der Waals surface area contributed by atoms with Crippen molar-refractivity contribution < 1.29 is 22.7 Å². The molecule has 154 valence electrons. The van der Waals surface area contributed by atoms with E-state index in [-0.39, 0.29) is 34.8 Å². The second kappa shape index (κ2) is 7.33. The molecule has 0 saturated heterocycles. The van der Waals surface area contributed by atoms with Crippen LogP contribution in [0.1, 0.15) is 29.3 Å². The van der Waals surface area contributed by atoms with Crippen LogP contribution in [0, 0.1) is 0 Å². The highest BCUT2D eigenvalue weighted by atomic mass is 19.4. The summed E-state index contributed by atoms with van der Waals surface area (Å²) < 4.78 is 46.2. The number of benzene rings is 2. The summed E-state index contributed by atoms with van der Waals surface area (Å²) in [5, 5.41) is 0. The van der Waals surface area contributed by atoms with Gasteiger partial charge in [0.2, 0.25) is 0 Å². The summed E-state index contributed by atoms with van der Waals surface area (Å²) in [6.07, 6.45) is -3.93. The average molecular weight is 414 g/mol. The molecular formula is C21H17F3N4O2. The van der Waals surface area contributed by atoms with Crippen LogP contribution in [-0.4, -0.2) is 27.1 Å². The molecule has 0 unspecified atom stereocenters. The predicted octanol–water partition coefficient (Wildman–Crippen LogP) is 4.74. The number of nitrogens with zero attached hydrogens (tertiary/aromatic N) is 3. The molecule has 4 rings (SSSR count). The first-order valence-electron chi connectivity index (χ1n) is 9.22. The number of nitrogen functional groups attached to an aromatic ring is 1. The Kier molecular flexibility index (Phi) is 4.81. The highest BCUT2D eigenvalue weighted by Gasteiger charge is 2.32. The van der Waals surface area contributed by atoms with Crippen molar-refractivity contribution in [2.75, 3.05) is 12.3 Å². The van der Waals surface area contributed by atoms with Gasteiger partial charge in [0.05, 0.1) is 23.2 Å². The zero-order chi connectivity index (χ0) is 21.5. The Hall–Kier alpha value is -3.62. The van der Waals surface area contributed by atoms with Crippen molar-refractivity contribution in [2.45, 2.75) is 19.5 Å². The number of nitrogens with two attached hydrogens (primary N) is 1. The lowest BCUT2D eigenvalue weighted by molar-refractivity contribution is -0.137. The molecule has 0 saturated carbocycles. The molecule has 0 radical (unpaired) electrons. The zero-order valence-corrected chi connectivity index (χ0v) is 15.9. The molecule has 6 nitrogen and oxygen atoms in total. The smallest absolute Gasteiger partial charge is 0.416 e. The van der Waals surface area contributed by atoms with E-state index in [9.17, 15) is 18.0 Å². The third-order valence-corrected chi connectivity index (χ3v) is 4.57. The monoisotopic (exact) mass is 414 g/mol. The van der Waals surface area contributed by atoms with Crippen LogP contribution >= 0.6 is 0 Å². The van der Waals surface area contributed by atoms with Crippen molar-refractivity contribution in [3.05, 3.63) is 59.7 Å². The quantitative estimate of drug-likeness (QED) is 0.488. The van der Waals surface area contributed by atoms with Gasteiger partial charge in [0.15, 0.2) is 5.65 Å². The molecule has 0 aliphatic heterocycles. The largest absolute Gasteiger partial charge is 0.462 e. The summed E-state index contributed by atoms with van der Waals surface area (Å²) in [4.78, 5) is 21.7. The van der Waals surface area contributed by atoms with E-state index in [4.69, 9.17) is 10.5 Å². The number of fused-ring (bicyclic) bond motifs is 2. The molecule has 0 atom stereocenters. The molecule has 4 aromatic rings. The van der Waals surface area contributed by atoms with Gasteiger partial charge in [-0.25, -0.2) is 14.8 Å². The van der Waals surface area contributed by atoms with Crippen LogP contribution in [0.25, 0.3) is 27.9 Å². The molecule has 2 heterocycles. The summed E-state index contributed by atoms with van der Waals surface area (Å²) in [6, 6.07) is 11.6. The van der Waals surface area contributed by atoms with Crippen LogP contribution in [0.3, 0.4) is 0 Å². The number of rotatable bonds is 4. The van der Waals surface area contributed by atoms with Gasteiger partial charge in [0, 0.05) is 5.69 Å². The fourth-order valence-electron chi connectivity index (χ4n) is 3.21. The number of esters is 1. The SMILES string of the molecule is CCCOC(=O)c1c(N)n(-c2cccc(C(F)(F)F)c2)c2nc3ccccc3nc12. The molecule has 0 spiro atoms. The van der Waals surface area contributed by atoms with Crippen LogP contribution in [0.4, 0.5) is 19.0 Å². The molecule has 2 aromatic heterocycles. The van der Waals surface area contributed by atoms with Crippen LogP contribution in [0.2, 0.25) is 0 Å². The third-order valence-electron chi connectivity index (χ3n) is 4.57. The van der Waals surface area contributed by atoms with Gasteiger partial charge < -0.3 is 10.5 Å². The minimum atomic E-state index is -4.53. The number of hydrogen-bond acceptors (Lipinski definition) is 5. The maximum Gasteiger partial charge on any atom is 0.416 e. The highest BCUT2D eigenvalue weighted by Crippen LogP contribution is 2.34. The summed E-state index contributed by atoms with van der Waals surface area (Å²) in [5.74, 6) is -0.782. The van der Waals surface area contributed by atoms with E-state index in [2.05, 4.69) is 9.97 Å². The lowest BCUT2D eigenvalue weighted by Crippen LogP contribution is -2.10. The van der Waals surface area contributed by atoms with Gasteiger partial charge in [-0.2, -0.15) is 13.2 Å². The standard InChI is InChI=1S/C21H17F3N4O2/c1-2-10-30-20(29)16-17-19(27-15-9-4-3-8-14(15)26-17)28(18(16)25)13-7-5-6-12(11-13)21(22,23)24/h3-9,11H,2,10,25H2,1H3. The lowest BCUT2D eigenvalue weighted by atomic mass is 10.2. The second-order valence-corrected chi connectivity index (χ2v) is 6.66. The number of alkyl halides is 3. The highest BCUT2D eigenvalue weighted by molar-refractivity contribution is 6.09. The van der Waals surface area contributed by atoms with E-state index in [0.29, 0.717) is 17.5 Å². The summed E-state index contributed by atoms with van der Waals surface area (Å²) in [6.45, 7) is 2.02. The second-order valence-electron chi connectivity index (χ2n) is 6.66. The number of hydrogen-bond donors (Lipinski definition) is 1. The number of carbonyl (C=O) groups excluding carboxylic acids is 1. The molecule has 2 N–H and O–H groups in total. The lowest BCUT2D eigenvalue weighted by Gasteiger charge is -2.11. The maximum absolute atomic E-state index is 13.2. The number of anilines is 1. The fraction of sp³-hybridized carbons (Fsp3) is 0.190. The number of para-hydroxylation sites is 2. The van der Waals surface area contributed by atoms with E-state index in [1.165, 1.54) is 16.7 Å². The van der Waals surface area contributed by atoms with Crippen LogP contribution in [0.15, 0.2) is 48.5 Å². The van der Waals surface area contributed by atoms with Gasteiger partial charge in [-0.1, -0.05) is 25.1 Å². The van der Waals surface area contributed by atoms with Crippen LogP contribution < -0.4 is 5.73 Å². The van der Waals surface area contributed by atoms with Crippen LogP contribution in [-0.2, 0) is 10.9 Å². The number of ether oxygens (including phenoxy) is 1.